The third-order valence-corrected chi connectivity index (χ3v) is 3.90. The fraction of sp³-hybridized carbons (Fsp3) is 0.286. The third kappa shape index (κ3) is 4.08. The number of aryl methyl sites for hydroxylation is 1. The number of aromatic nitrogens is 3. The number of hydrogen-bond acceptors (Lipinski definition) is 5. The van der Waals surface area contributed by atoms with Gasteiger partial charge in [-0.1, -0.05) is 18.7 Å². The molecule has 2 rings (SSSR count). The number of rotatable bonds is 6. The standard InChI is InChI=1S/C14H17N5O2S/c1-3-11-17-14(19-18-11)22-8(2)13(21)16-10-6-4-9(5-7-10)12(15)20/h4-8H,3H2,1-2H3,(H2,15,20)(H,16,21)(H,17,18,19). The molecule has 0 aliphatic heterocycles. The molecule has 8 heteroatoms. The summed E-state index contributed by atoms with van der Waals surface area (Å²) < 4.78 is 0. The zero-order chi connectivity index (χ0) is 16.1. The van der Waals surface area contributed by atoms with Crippen molar-refractivity contribution in [1.82, 2.24) is 15.2 Å². The van der Waals surface area contributed by atoms with Gasteiger partial charge in [-0.25, -0.2) is 4.98 Å². The van der Waals surface area contributed by atoms with E-state index in [1.165, 1.54) is 11.8 Å². The van der Waals surface area contributed by atoms with E-state index >= 15 is 0 Å². The molecule has 0 fully saturated rings. The smallest absolute Gasteiger partial charge is 0.248 e. The maximum absolute atomic E-state index is 12.1. The summed E-state index contributed by atoms with van der Waals surface area (Å²) in [7, 11) is 0. The Morgan fingerprint density at radius 1 is 1.36 bits per heavy atom. The van der Waals surface area contributed by atoms with Crippen molar-refractivity contribution in [1.29, 1.82) is 0 Å². The Bertz CT molecular complexity index is 668. The Morgan fingerprint density at radius 3 is 2.59 bits per heavy atom. The third-order valence-electron chi connectivity index (χ3n) is 2.93. The van der Waals surface area contributed by atoms with Gasteiger partial charge >= 0.3 is 0 Å². The van der Waals surface area contributed by atoms with Gasteiger partial charge in [0.05, 0.1) is 5.25 Å². The predicted octanol–water partition coefficient (Wildman–Crippen LogP) is 1.59. The highest BCUT2D eigenvalue weighted by Gasteiger charge is 2.17. The number of anilines is 1. The minimum Gasteiger partial charge on any atom is -0.366 e. The normalized spacial score (nSPS) is 11.9. The Hall–Kier alpha value is -2.35. The first kappa shape index (κ1) is 16.0. The summed E-state index contributed by atoms with van der Waals surface area (Å²) in [5, 5.41) is 9.82. The maximum Gasteiger partial charge on any atom is 0.248 e. The Labute approximate surface area is 132 Å². The first-order valence-corrected chi connectivity index (χ1v) is 7.66. The average Bonchev–Trinajstić information content (AvgIpc) is 2.95. The second-order valence-corrected chi connectivity index (χ2v) is 5.92. The number of carbonyl (C=O) groups is 2. The van der Waals surface area contributed by atoms with Crippen molar-refractivity contribution in [2.24, 2.45) is 5.73 Å². The van der Waals surface area contributed by atoms with Crippen LogP contribution in [-0.2, 0) is 11.2 Å². The van der Waals surface area contributed by atoms with Crippen LogP contribution in [0.5, 0.6) is 0 Å². The van der Waals surface area contributed by atoms with Crippen molar-refractivity contribution >= 4 is 29.3 Å². The molecule has 22 heavy (non-hydrogen) atoms. The van der Waals surface area contributed by atoms with E-state index in [1.54, 1.807) is 31.2 Å². The fourth-order valence-corrected chi connectivity index (χ4v) is 2.41. The lowest BCUT2D eigenvalue weighted by Crippen LogP contribution is -2.22. The minimum absolute atomic E-state index is 0.167. The van der Waals surface area contributed by atoms with Crippen molar-refractivity contribution in [3.05, 3.63) is 35.7 Å². The number of primary amides is 1. The van der Waals surface area contributed by atoms with Crippen molar-refractivity contribution in [3.63, 3.8) is 0 Å². The zero-order valence-electron chi connectivity index (χ0n) is 12.3. The first-order chi connectivity index (χ1) is 10.5. The fourth-order valence-electron chi connectivity index (χ4n) is 1.66. The van der Waals surface area contributed by atoms with Crippen molar-refractivity contribution in [3.8, 4) is 0 Å². The predicted molar refractivity (Wildman–Crippen MR) is 84.7 cm³/mol. The van der Waals surface area contributed by atoms with Gasteiger partial charge in [-0.3, -0.25) is 14.7 Å². The molecule has 7 nitrogen and oxygen atoms in total. The molecular weight excluding hydrogens is 302 g/mol. The van der Waals surface area contributed by atoms with E-state index in [-0.39, 0.29) is 11.2 Å². The highest BCUT2D eigenvalue weighted by atomic mass is 32.2. The number of nitrogens with zero attached hydrogens (tertiary/aromatic N) is 2. The highest BCUT2D eigenvalue weighted by molar-refractivity contribution is 8.00. The number of aromatic amines is 1. The van der Waals surface area contributed by atoms with Crippen molar-refractivity contribution in [2.45, 2.75) is 30.7 Å². The SMILES string of the molecule is CCc1nc(SC(C)C(=O)Nc2ccc(C(N)=O)cc2)n[nH]1. The molecule has 0 aliphatic rings. The van der Waals surface area contributed by atoms with Crippen LogP contribution in [0.3, 0.4) is 0 Å². The number of nitrogens with two attached hydrogens (primary N) is 1. The molecule has 2 aromatic rings. The number of carbonyl (C=O) groups excluding carboxylic acids is 2. The Balaban J connectivity index is 1.94. The van der Waals surface area contributed by atoms with Gasteiger partial charge in [0.2, 0.25) is 17.0 Å². The Morgan fingerprint density at radius 2 is 2.05 bits per heavy atom. The molecule has 0 spiro atoms. The average molecular weight is 319 g/mol. The van der Waals surface area contributed by atoms with Crippen LogP contribution in [0, 0.1) is 0 Å². The van der Waals surface area contributed by atoms with E-state index in [0.717, 1.165) is 12.2 Å². The van der Waals surface area contributed by atoms with Crippen LogP contribution in [0.2, 0.25) is 0 Å². The van der Waals surface area contributed by atoms with E-state index in [4.69, 9.17) is 5.73 Å². The van der Waals surface area contributed by atoms with Gasteiger partial charge in [0.25, 0.3) is 0 Å². The van der Waals surface area contributed by atoms with Gasteiger partial charge in [-0.15, -0.1) is 5.10 Å². The molecule has 0 saturated heterocycles. The van der Waals surface area contributed by atoms with Gasteiger partial charge in [0.1, 0.15) is 5.82 Å². The zero-order valence-corrected chi connectivity index (χ0v) is 13.1. The summed E-state index contributed by atoms with van der Waals surface area (Å²) in [6.07, 6.45) is 0.764. The molecule has 0 saturated carbocycles. The molecule has 1 unspecified atom stereocenters. The minimum atomic E-state index is -0.502. The van der Waals surface area contributed by atoms with E-state index in [0.29, 0.717) is 16.4 Å². The number of benzene rings is 1. The highest BCUT2D eigenvalue weighted by Crippen LogP contribution is 2.20. The van der Waals surface area contributed by atoms with Crippen LogP contribution in [0.4, 0.5) is 5.69 Å². The molecule has 116 valence electrons. The second kappa shape index (κ2) is 7.08. The number of nitrogens with one attached hydrogen (secondary N) is 2. The van der Waals surface area contributed by atoms with Crippen LogP contribution in [0.1, 0.15) is 30.0 Å². The molecule has 1 heterocycles. The topological polar surface area (TPSA) is 114 Å². The summed E-state index contributed by atoms with van der Waals surface area (Å²) in [6.45, 7) is 3.75. The molecule has 2 amide bonds. The molecule has 1 aromatic carbocycles. The van der Waals surface area contributed by atoms with Crippen LogP contribution in [-0.4, -0.2) is 32.2 Å². The summed E-state index contributed by atoms with van der Waals surface area (Å²) in [5.74, 6) is 0.120. The summed E-state index contributed by atoms with van der Waals surface area (Å²) in [6, 6.07) is 6.41. The lowest BCUT2D eigenvalue weighted by molar-refractivity contribution is -0.115. The van der Waals surface area contributed by atoms with Gasteiger partial charge < -0.3 is 11.1 Å². The van der Waals surface area contributed by atoms with Gasteiger partial charge in [-0.05, 0) is 31.2 Å². The molecule has 4 N–H and O–H groups in total. The number of hydrogen-bond donors (Lipinski definition) is 3. The van der Waals surface area contributed by atoms with Crippen molar-refractivity contribution < 1.29 is 9.59 Å². The molecule has 0 bridgehead atoms. The second-order valence-electron chi connectivity index (χ2n) is 4.61. The maximum atomic E-state index is 12.1. The van der Waals surface area contributed by atoms with Crippen LogP contribution in [0.15, 0.2) is 29.4 Å². The van der Waals surface area contributed by atoms with Gasteiger partial charge in [0.15, 0.2) is 0 Å². The number of thioether (sulfide) groups is 1. The van der Waals surface area contributed by atoms with E-state index in [2.05, 4.69) is 20.5 Å². The molecule has 0 aliphatic carbocycles. The van der Waals surface area contributed by atoms with E-state index in [9.17, 15) is 9.59 Å². The van der Waals surface area contributed by atoms with Crippen molar-refractivity contribution in [2.75, 3.05) is 5.32 Å². The number of H-pyrrole nitrogens is 1. The Kier molecular flexibility index (Phi) is 5.16. The number of amides is 2. The summed E-state index contributed by atoms with van der Waals surface area (Å²) in [4.78, 5) is 27.4. The molecule has 1 aromatic heterocycles. The van der Waals surface area contributed by atoms with Crippen LogP contribution < -0.4 is 11.1 Å². The largest absolute Gasteiger partial charge is 0.366 e. The lowest BCUT2D eigenvalue weighted by atomic mass is 10.2. The summed E-state index contributed by atoms with van der Waals surface area (Å²) in [5.41, 5.74) is 6.17. The molecular formula is C14H17N5O2S. The van der Waals surface area contributed by atoms with E-state index < -0.39 is 5.91 Å². The first-order valence-electron chi connectivity index (χ1n) is 6.78. The van der Waals surface area contributed by atoms with Crippen LogP contribution in [0.25, 0.3) is 0 Å². The van der Waals surface area contributed by atoms with Crippen LogP contribution >= 0.6 is 11.8 Å². The quantitative estimate of drug-likeness (QED) is 0.700. The van der Waals surface area contributed by atoms with E-state index in [1.807, 2.05) is 6.92 Å². The monoisotopic (exact) mass is 319 g/mol. The lowest BCUT2D eigenvalue weighted by Gasteiger charge is -2.10. The summed E-state index contributed by atoms with van der Waals surface area (Å²) >= 11 is 1.28. The molecule has 1 atom stereocenters. The van der Waals surface area contributed by atoms with Gasteiger partial charge in [0, 0.05) is 17.7 Å². The molecule has 0 radical (unpaired) electrons. The van der Waals surface area contributed by atoms with Gasteiger partial charge in [-0.2, -0.15) is 0 Å².